The van der Waals surface area contributed by atoms with E-state index in [2.05, 4.69) is 20.7 Å². The van der Waals surface area contributed by atoms with Crippen LogP contribution in [0.25, 0.3) is 0 Å². The minimum atomic E-state index is -4.56. The number of halogens is 3. The molecule has 0 fully saturated rings. The third-order valence-electron chi connectivity index (χ3n) is 2.50. The van der Waals surface area contributed by atoms with E-state index in [4.69, 9.17) is 0 Å². The Morgan fingerprint density at radius 3 is 2.71 bits per heavy atom. The molecule has 0 bridgehead atoms. The van der Waals surface area contributed by atoms with E-state index in [0.29, 0.717) is 12.2 Å². The molecule has 0 aliphatic rings. The molecule has 9 heteroatoms. The van der Waals surface area contributed by atoms with Crippen molar-refractivity contribution >= 4 is 17.5 Å². The Bertz CT molecular complexity index is 638. The summed E-state index contributed by atoms with van der Waals surface area (Å²) in [5.74, 6) is -0.190. The van der Waals surface area contributed by atoms with Gasteiger partial charge in [0.2, 0.25) is 0 Å². The number of pyridine rings is 1. The highest BCUT2D eigenvalue weighted by Gasteiger charge is 2.32. The molecule has 0 saturated carbocycles. The van der Waals surface area contributed by atoms with Gasteiger partial charge in [0.15, 0.2) is 0 Å². The number of aromatic nitrogens is 3. The maximum atomic E-state index is 12.5. The smallest absolute Gasteiger partial charge is 0.305 e. The molecule has 0 aliphatic heterocycles. The Morgan fingerprint density at radius 1 is 1.33 bits per heavy atom. The molecule has 2 N–H and O–H groups in total. The zero-order valence-electron chi connectivity index (χ0n) is 11.0. The van der Waals surface area contributed by atoms with Gasteiger partial charge in [-0.15, -0.1) is 0 Å². The van der Waals surface area contributed by atoms with Crippen molar-refractivity contribution in [2.75, 3.05) is 10.6 Å². The average molecular weight is 299 g/mol. The lowest BCUT2D eigenvalue weighted by Crippen LogP contribution is -2.20. The summed E-state index contributed by atoms with van der Waals surface area (Å²) in [6, 6.07) is 2.57. The van der Waals surface area contributed by atoms with E-state index in [1.54, 1.807) is 10.9 Å². The minimum absolute atomic E-state index is 0.190. The van der Waals surface area contributed by atoms with Gasteiger partial charge in [-0.05, 0) is 19.1 Å². The zero-order valence-corrected chi connectivity index (χ0v) is 11.0. The molecule has 0 atom stereocenters. The number of hydrogen-bond donors (Lipinski definition) is 2. The highest BCUT2D eigenvalue weighted by Crippen LogP contribution is 2.28. The lowest BCUT2D eigenvalue weighted by Gasteiger charge is -2.09. The molecular formula is C12H12F3N5O. The number of aryl methyl sites for hydroxylation is 1. The van der Waals surface area contributed by atoms with Crippen molar-refractivity contribution in [3.05, 3.63) is 36.3 Å². The van der Waals surface area contributed by atoms with Crippen LogP contribution < -0.4 is 10.6 Å². The van der Waals surface area contributed by atoms with Gasteiger partial charge in [-0.1, -0.05) is 6.07 Å². The maximum absolute atomic E-state index is 12.5. The van der Waals surface area contributed by atoms with Crippen LogP contribution in [-0.4, -0.2) is 20.8 Å². The Balaban J connectivity index is 2.02. The molecule has 2 aromatic heterocycles. The molecule has 0 radical (unpaired) electrons. The third-order valence-corrected chi connectivity index (χ3v) is 2.50. The summed E-state index contributed by atoms with van der Waals surface area (Å²) < 4.78 is 39.1. The number of urea groups is 1. The van der Waals surface area contributed by atoms with Gasteiger partial charge in [-0.25, -0.2) is 9.78 Å². The van der Waals surface area contributed by atoms with Gasteiger partial charge in [-0.3, -0.25) is 10.00 Å². The van der Waals surface area contributed by atoms with E-state index in [9.17, 15) is 18.0 Å². The third kappa shape index (κ3) is 3.94. The fourth-order valence-electron chi connectivity index (χ4n) is 1.54. The molecule has 6 nitrogen and oxygen atoms in total. The molecule has 0 aromatic carbocycles. The predicted octanol–water partition coefficient (Wildman–Crippen LogP) is 2.96. The Labute approximate surface area is 118 Å². The van der Waals surface area contributed by atoms with Crippen molar-refractivity contribution in [1.29, 1.82) is 0 Å². The van der Waals surface area contributed by atoms with Crippen LogP contribution in [0.2, 0.25) is 0 Å². The number of hydrogen-bond acceptors (Lipinski definition) is 3. The van der Waals surface area contributed by atoms with Crippen molar-refractivity contribution in [3.63, 3.8) is 0 Å². The lowest BCUT2D eigenvalue weighted by atomic mass is 10.3. The monoisotopic (exact) mass is 299 g/mol. The first-order valence-corrected chi connectivity index (χ1v) is 6.03. The molecule has 21 heavy (non-hydrogen) atoms. The first-order chi connectivity index (χ1) is 9.88. The molecule has 112 valence electrons. The Kier molecular flexibility index (Phi) is 4.10. The summed E-state index contributed by atoms with van der Waals surface area (Å²) in [7, 11) is 0. The van der Waals surface area contributed by atoms with Crippen LogP contribution in [0.5, 0.6) is 0 Å². The summed E-state index contributed by atoms with van der Waals surface area (Å²) in [6.07, 6.45) is -1.53. The fraction of sp³-hybridized carbons (Fsp3) is 0.250. The van der Waals surface area contributed by atoms with Crippen LogP contribution in [0, 0.1) is 0 Å². The quantitative estimate of drug-likeness (QED) is 0.915. The number of nitrogens with one attached hydrogen (secondary N) is 2. The van der Waals surface area contributed by atoms with Gasteiger partial charge >= 0.3 is 12.2 Å². The first-order valence-electron chi connectivity index (χ1n) is 6.03. The van der Waals surface area contributed by atoms with E-state index in [1.807, 2.05) is 6.92 Å². The van der Waals surface area contributed by atoms with E-state index < -0.39 is 17.9 Å². The van der Waals surface area contributed by atoms with Gasteiger partial charge in [0.25, 0.3) is 0 Å². The summed E-state index contributed by atoms with van der Waals surface area (Å²) in [5.41, 5.74) is -0.638. The van der Waals surface area contributed by atoms with Gasteiger partial charge in [0.05, 0.1) is 11.9 Å². The van der Waals surface area contributed by atoms with E-state index >= 15 is 0 Å². The molecule has 0 unspecified atom stereocenters. The number of amides is 2. The van der Waals surface area contributed by atoms with Crippen molar-refractivity contribution < 1.29 is 18.0 Å². The van der Waals surface area contributed by atoms with Crippen molar-refractivity contribution in [2.45, 2.75) is 19.6 Å². The van der Waals surface area contributed by atoms with Gasteiger partial charge in [0, 0.05) is 12.7 Å². The standard InChI is InChI=1S/C12H12F3N5O/c1-2-20-7-8(6-16-20)17-11(21)19-10-5-3-4-9(18-10)12(13,14)15/h3-7H,2H2,1H3,(H2,17,18,19,21). The Hall–Kier alpha value is -2.58. The van der Waals surface area contributed by atoms with Crippen LogP contribution >= 0.6 is 0 Å². The second-order valence-electron chi connectivity index (χ2n) is 4.07. The SMILES string of the molecule is CCn1cc(NC(=O)Nc2cccc(C(F)(F)F)n2)cn1. The number of nitrogens with zero attached hydrogens (tertiary/aromatic N) is 3. The van der Waals surface area contributed by atoms with Crippen LogP contribution in [0.4, 0.5) is 29.5 Å². The highest BCUT2D eigenvalue weighted by atomic mass is 19.4. The molecule has 2 rings (SSSR count). The van der Waals surface area contributed by atoms with Crippen LogP contribution in [-0.2, 0) is 12.7 Å². The number of anilines is 2. The largest absolute Gasteiger partial charge is 0.433 e. The number of carbonyl (C=O) groups excluding carboxylic acids is 1. The molecule has 0 saturated heterocycles. The molecule has 2 aromatic rings. The number of alkyl halides is 3. The van der Waals surface area contributed by atoms with Crippen LogP contribution in [0.3, 0.4) is 0 Å². The average Bonchev–Trinajstić information content (AvgIpc) is 2.85. The zero-order chi connectivity index (χ0) is 15.5. The van der Waals surface area contributed by atoms with E-state index in [1.165, 1.54) is 18.3 Å². The molecule has 0 aliphatic carbocycles. The summed E-state index contributed by atoms with van der Waals surface area (Å²) in [6.45, 7) is 2.52. The van der Waals surface area contributed by atoms with Gasteiger partial charge in [0.1, 0.15) is 11.5 Å². The predicted molar refractivity (Wildman–Crippen MR) is 69.8 cm³/mol. The Morgan fingerprint density at radius 2 is 2.10 bits per heavy atom. The lowest BCUT2D eigenvalue weighted by molar-refractivity contribution is -0.141. The second kappa shape index (κ2) is 5.81. The molecule has 2 heterocycles. The maximum Gasteiger partial charge on any atom is 0.433 e. The van der Waals surface area contributed by atoms with Crippen molar-refractivity contribution in [3.8, 4) is 0 Å². The second-order valence-corrected chi connectivity index (χ2v) is 4.07. The van der Waals surface area contributed by atoms with Crippen LogP contribution in [0.15, 0.2) is 30.6 Å². The minimum Gasteiger partial charge on any atom is -0.305 e. The first kappa shape index (κ1) is 14.8. The summed E-state index contributed by atoms with van der Waals surface area (Å²) in [4.78, 5) is 15.0. The van der Waals surface area contributed by atoms with Gasteiger partial charge in [-0.2, -0.15) is 18.3 Å². The van der Waals surface area contributed by atoms with Gasteiger partial charge < -0.3 is 5.32 Å². The summed E-state index contributed by atoms with van der Waals surface area (Å²) >= 11 is 0. The van der Waals surface area contributed by atoms with Crippen molar-refractivity contribution in [1.82, 2.24) is 14.8 Å². The fourth-order valence-corrected chi connectivity index (χ4v) is 1.54. The topological polar surface area (TPSA) is 71.8 Å². The highest BCUT2D eigenvalue weighted by molar-refractivity contribution is 5.98. The van der Waals surface area contributed by atoms with Crippen molar-refractivity contribution in [2.24, 2.45) is 0 Å². The molecule has 2 amide bonds. The number of rotatable bonds is 3. The molecule has 0 spiro atoms. The van der Waals surface area contributed by atoms with Crippen LogP contribution in [0.1, 0.15) is 12.6 Å². The normalized spacial score (nSPS) is 11.2. The summed E-state index contributed by atoms with van der Waals surface area (Å²) in [5, 5.41) is 8.63. The van der Waals surface area contributed by atoms with E-state index in [0.717, 1.165) is 6.07 Å². The van der Waals surface area contributed by atoms with E-state index in [-0.39, 0.29) is 5.82 Å². The number of carbonyl (C=O) groups is 1. The molecular weight excluding hydrogens is 287 g/mol.